The van der Waals surface area contributed by atoms with E-state index in [9.17, 15) is 8.42 Å². The summed E-state index contributed by atoms with van der Waals surface area (Å²) in [4.78, 5) is 3.27. The largest absolute Gasteiger partial charge is 0.399 e. The van der Waals surface area contributed by atoms with Crippen molar-refractivity contribution in [2.45, 2.75) is 31.0 Å². The monoisotopic (exact) mass is 309 g/mol. The normalized spacial score (nSPS) is 24.5. The maximum Gasteiger partial charge on any atom is 0.245 e. The van der Waals surface area contributed by atoms with Crippen LogP contribution >= 0.6 is 0 Å². The summed E-state index contributed by atoms with van der Waals surface area (Å²) in [5.74, 6) is 0. The Morgan fingerprint density at radius 3 is 2.62 bits per heavy atom. The summed E-state index contributed by atoms with van der Waals surface area (Å²) in [6.45, 7) is 4.50. The Balaban J connectivity index is 2.04. The number of morpholine rings is 1. The topological polar surface area (TPSA) is 88.4 Å². The first-order valence-corrected chi connectivity index (χ1v) is 8.34. The number of nitrogen functional groups attached to an aromatic ring is 1. The lowest BCUT2D eigenvalue weighted by molar-refractivity contribution is -0.0440. The molecule has 0 amide bonds. The molecule has 21 heavy (non-hydrogen) atoms. The predicted molar refractivity (Wildman–Crippen MR) is 81.5 cm³/mol. The summed E-state index contributed by atoms with van der Waals surface area (Å²) in [5, 5.41) is 0.663. The first-order valence-electron chi connectivity index (χ1n) is 6.90. The van der Waals surface area contributed by atoms with Crippen LogP contribution in [0.4, 0.5) is 5.69 Å². The molecule has 6 nitrogen and oxygen atoms in total. The summed E-state index contributed by atoms with van der Waals surface area (Å²) >= 11 is 0. The second-order valence-corrected chi connectivity index (χ2v) is 7.44. The SMILES string of the molecule is CC1CN(S(=O)(=O)c2c[nH]c3cc(N)ccc23)CC(C)O1. The number of nitrogens with zero attached hydrogens (tertiary/aromatic N) is 1. The van der Waals surface area contributed by atoms with Crippen LogP contribution in [0.3, 0.4) is 0 Å². The van der Waals surface area contributed by atoms with Gasteiger partial charge >= 0.3 is 0 Å². The molecule has 1 fully saturated rings. The van der Waals surface area contributed by atoms with Gasteiger partial charge in [-0.25, -0.2) is 8.42 Å². The van der Waals surface area contributed by atoms with Crippen LogP contribution in [0.2, 0.25) is 0 Å². The van der Waals surface area contributed by atoms with Crippen molar-refractivity contribution >= 4 is 26.6 Å². The highest BCUT2D eigenvalue weighted by Gasteiger charge is 2.33. The van der Waals surface area contributed by atoms with E-state index in [1.54, 1.807) is 18.2 Å². The minimum absolute atomic E-state index is 0.107. The van der Waals surface area contributed by atoms with E-state index in [1.807, 2.05) is 13.8 Å². The number of H-pyrrole nitrogens is 1. The van der Waals surface area contributed by atoms with E-state index >= 15 is 0 Å². The number of sulfonamides is 1. The number of nitrogens with two attached hydrogens (primary N) is 1. The van der Waals surface area contributed by atoms with Crippen molar-refractivity contribution in [3.8, 4) is 0 Å². The molecule has 1 aliphatic rings. The first-order chi connectivity index (χ1) is 9.88. The van der Waals surface area contributed by atoms with Crippen LogP contribution in [0.1, 0.15) is 13.8 Å². The highest BCUT2D eigenvalue weighted by atomic mass is 32.2. The number of rotatable bonds is 2. The maximum absolute atomic E-state index is 12.9. The first kappa shape index (κ1) is 14.4. The molecule has 7 heteroatoms. The molecule has 2 heterocycles. The van der Waals surface area contributed by atoms with Crippen molar-refractivity contribution in [1.29, 1.82) is 0 Å². The number of anilines is 1. The number of nitrogens with one attached hydrogen (secondary N) is 1. The number of benzene rings is 1. The van der Waals surface area contributed by atoms with Crippen LogP contribution in [0, 0.1) is 0 Å². The smallest absolute Gasteiger partial charge is 0.245 e. The van der Waals surface area contributed by atoms with Crippen LogP contribution < -0.4 is 5.73 Å². The number of fused-ring (bicyclic) bond motifs is 1. The van der Waals surface area contributed by atoms with Gasteiger partial charge in [0.1, 0.15) is 4.90 Å². The molecular weight excluding hydrogens is 290 g/mol. The zero-order valence-corrected chi connectivity index (χ0v) is 12.9. The zero-order chi connectivity index (χ0) is 15.2. The van der Waals surface area contributed by atoms with Crippen LogP contribution in [-0.2, 0) is 14.8 Å². The molecule has 114 valence electrons. The predicted octanol–water partition coefficient (Wildman–Crippen LogP) is 1.55. The molecule has 2 aromatic rings. The van der Waals surface area contributed by atoms with Gasteiger partial charge in [0, 0.05) is 35.9 Å². The van der Waals surface area contributed by atoms with Crippen molar-refractivity contribution in [2.24, 2.45) is 0 Å². The number of hydrogen-bond donors (Lipinski definition) is 2. The van der Waals surface area contributed by atoms with Crippen molar-refractivity contribution in [2.75, 3.05) is 18.8 Å². The van der Waals surface area contributed by atoms with Gasteiger partial charge in [-0.3, -0.25) is 0 Å². The summed E-state index contributed by atoms with van der Waals surface area (Å²) in [6, 6.07) is 5.18. The molecular formula is C14H19N3O3S. The Labute approximate surface area is 123 Å². The molecule has 3 N–H and O–H groups in total. The third-order valence-corrected chi connectivity index (χ3v) is 5.54. The van der Waals surface area contributed by atoms with E-state index in [0.29, 0.717) is 29.1 Å². The minimum Gasteiger partial charge on any atom is -0.399 e. The molecule has 0 bridgehead atoms. The zero-order valence-electron chi connectivity index (χ0n) is 12.0. The average Bonchev–Trinajstić information content (AvgIpc) is 2.81. The minimum atomic E-state index is -3.54. The Kier molecular flexibility index (Phi) is 3.43. The van der Waals surface area contributed by atoms with E-state index in [0.717, 1.165) is 5.52 Å². The fourth-order valence-corrected chi connectivity index (χ4v) is 4.55. The molecule has 1 aromatic heterocycles. The van der Waals surface area contributed by atoms with Crippen molar-refractivity contribution in [3.05, 3.63) is 24.4 Å². The fourth-order valence-electron chi connectivity index (χ4n) is 2.80. The van der Waals surface area contributed by atoms with Gasteiger partial charge in [0.15, 0.2) is 0 Å². The van der Waals surface area contributed by atoms with E-state index in [1.165, 1.54) is 10.5 Å². The number of ether oxygens (including phenoxy) is 1. The molecule has 0 radical (unpaired) electrons. The Morgan fingerprint density at radius 2 is 1.95 bits per heavy atom. The van der Waals surface area contributed by atoms with Crippen molar-refractivity contribution in [1.82, 2.24) is 9.29 Å². The Bertz CT molecular complexity index is 759. The molecule has 1 saturated heterocycles. The molecule has 2 atom stereocenters. The lowest BCUT2D eigenvalue weighted by Crippen LogP contribution is -2.48. The van der Waals surface area contributed by atoms with Crippen LogP contribution in [0.25, 0.3) is 10.9 Å². The second-order valence-electron chi connectivity index (χ2n) is 5.54. The molecule has 1 aliphatic heterocycles. The van der Waals surface area contributed by atoms with Gasteiger partial charge in [0.05, 0.1) is 12.2 Å². The highest BCUT2D eigenvalue weighted by molar-refractivity contribution is 7.89. The molecule has 0 spiro atoms. The lowest BCUT2D eigenvalue weighted by Gasteiger charge is -2.34. The van der Waals surface area contributed by atoms with Gasteiger partial charge in [-0.15, -0.1) is 0 Å². The molecule has 0 aliphatic carbocycles. The molecule has 1 aromatic carbocycles. The Hall–Kier alpha value is -1.57. The standard InChI is InChI=1S/C14H19N3O3S/c1-9-7-17(8-10(2)20-9)21(18,19)14-6-16-13-5-11(15)3-4-12(13)14/h3-6,9-10,16H,7-8,15H2,1-2H3. The molecule has 3 rings (SSSR count). The van der Waals surface area contributed by atoms with Gasteiger partial charge in [-0.1, -0.05) is 0 Å². The molecule has 0 saturated carbocycles. The quantitative estimate of drug-likeness (QED) is 0.824. The van der Waals surface area contributed by atoms with Crippen molar-refractivity contribution < 1.29 is 13.2 Å². The van der Waals surface area contributed by atoms with E-state index in [2.05, 4.69) is 4.98 Å². The highest BCUT2D eigenvalue weighted by Crippen LogP contribution is 2.28. The van der Waals surface area contributed by atoms with Crippen LogP contribution in [-0.4, -0.2) is 43.0 Å². The van der Waals surface area contributed by atoms with Gasteiger partial charge in [-0.2, -0.15) is 4.31 Å². The number of aromatic nitrogens is 1. The van der Waals surface area contributed by atoms with Crippen LogP contribution in [0.15, 0.2) is 29.3 Å². The summed E-state index contributed by atoms with van der Waals surface area (Å²) in [6.07, 6.45) is 1.32. The van der Waals surface area contributed by atoms with E-state index in [-0.39, 0.29) is 12.2 Å². The lowest BCUT2D eigenvalue weighted by atomic mass is 10.2. The average molecular weight is 309 g/mol. The van der Waals surface area contributed by atoms with Gasteiger partial charge in [-0.05, 0) is 32.0 Å². The van der Waals surface area contributed by atoms with Crippen molar-refractivity contribution in [3.63, 3.8) is 0 Å². The molecule has 2 unspecified atom stereocenters. The number of aromatic amines is 1. The van der Waals surface area contributed by atoms with Crippen LogP contribution in [0.5, 0.6) is 0 Å². The van der Waals surface area contributed by atoms with E-state index in [4.69, 9.17) is 10.5 Å². The van der Waals surface area contributed by atoms with E-state index < -0.39 is 10.0 Å². The summed E-state index contributed by atoms with van der Waals surface area (Å²) in [5.41, 5.74) is 7.05. The van der Waals surface area contributed by atoms with Gasteiger partial charge in [0.25, 0.3) is 0 Å². The van der Waals surface area contributed by atoms with Gasteiger partial charge in [0.2, 0.25) is 10.0 Å². The summed E-state index contributed by atoms with van der Waals surface area (Å²) in [7, 11) is -3.54. The Morgan fingerprint density at radius 1 is 1.29 bits per heavy atom. The second kappa shape index (κ2) is 5.01. The fraction of sp³-hybridized carbons (Fsp3) is 0.429. The third kappa shape index (κ3) is 2.52. The third-order valence-electron chi connectivity index (χ3n) is 3.67. The summed E-state index contributed by atoms with van der Waals surface area (Å²) < 4.78 is 32.8. The maximum atomic E-state index is 12.9. The van der Waals surface area contributed by atoms with Gasteiger partial charge < -0.3 is 15.5 Å². The number of hydrogen-bond acceptors (Lipinski definition) is 4.